The number of rotatable bonds is 4. The first-order valence-electron chi connectivity index (χ1n) is 8.14. The van der Waals surface area contributed by atoms with E-state index in [0.29, 0.717) is 26.1 Å². The fourth-order valence-electron chi connectivity index (χ4n) is 3.25. The van der Waals surface area contributed by atoms with Crippen molar-refractivity contribution in [3.8, 4) is 0 Å². The van der Waals surface area contributed by atoms with E-state index in [9.17, 15) is 9.18 Å². The highest BCUT2D eigenvalue weighted by Crippen LogP contribution is 2.32. The largest absolute Gasteiger partial charge is 0.381 e. The molecule has 128 valence electrons. The van der Waals surface area contributed by atoms with Crippen molar-refractivity contribution in [3.63, 3.8) is 0 Å². The molecular formula is C18H22FN3O2. The number of hydrogen-bond acceptors (Lipinski definition) is 3. The summed E-state index contributed by atoms with van der Waals surface area (Å²) < 4.78 is 20.4. The van der Waals surface area contributed by atoms with Crippen molar-refractivity contribution in [2.45, 2.75) is 38.8 Å². The standard InChI is InChI=1S/C18H22FN3O2/c1-13-11-14(2)22(21-13)12-17(23)20-18(7-9-24-10-8-18)15-3-5-16(19)6-4-15/h3-6,11H,7-10,12H2,1-2H3,(H,20,23). The highest BCUT2D eigenvalue weighted by molar-refractivity contribution is 5.77. The Labute approximate surface area is 140 Å². The van der Waals surface area contributed by atoms with E-state index in [1.807, 2.05) is 19.9 Å². The number of benzene rings is 1. The maximum absolute atomic E-state index is 13.3. The van der Waals surface area contributed by atoms with Crippen molar-refractivity contribution >= 4 is 5.91 Å². The molecule has 1 aliphatic rings. The van der Waals surface area contributed by atoms with Crippen LogP contribution in [0.5, 0.6) is 0 Å². The molecule has 6 heteroatoms. The molecule has 1 aromatic heterocycles. The number of aromatic nitrogens is 2. The number of nitrogens with zero attached hydrogens (tertiary/aromatic N) is 2. The van der Waals surface area contributed by atoms with E-state index < -0.39 is 5.54 Å². The highest BCUT2D eigenvalue weighted by Gasteiger charge is 2.36. The molecule has 2 aromatic rings. The van der Waals surface area contributed by atoms with Gasteiger partial charge in [-0.05, 0) is 50.5 Å². The minimum absolute atomic E-state index is 0.104. The van der Waals surface area contributed by atoms with Gasteiger partial charge in [0.05, 0.1) is 11.2 Å². The molecule has 1 fully saturated rings. The predicted molar refractivity (Wildman–Crippen MR) is 88.0 cm³/mol. The number of carbonyl (C=O) groups excluding carboxylic acids is 1. The molecule has 0 atom stereocenters. The normalized spacial score (nSPS) is 16.8. The maximum atomic E-state index is 13.3. The third kappa shape index (κ3) is 3.48. The predicted octanol–water partition coefficient (Wildman–Crippen LogP) is 2.46. The summed E-state index contributed by atoms with van der Waals surface area (Å²) in [6.45, 7) is 5.13. The van der Waals surface area contributed by atoms with E-state index in [4.69, 9.17) is 4.74 Å². The SMILES string of the molecule is Cc1cc(C)n(CC(=O)NC2(c3ccc(F)cc3)CCOCC2)n1. The van der Waals surface area contributed by atoms with Crippen molar-refractivity contribution in [2.75, 3.05) is 13.2 Å². The molecule has 0 bridgehead atoms. The Balaban J connectivity index is 1.80. The summed E-state index contributed by atoms with van der Waals surface area (Å²) in [5, 5.41) is 7.48. The Morgan fingerprint density at radius 1 is 1.29 bits per heavy atom. The van der Waals surface area contributed by atoms with Crippen LogP contribution in [-0.4, -0.2) is 28.9 Å². The topological polar surface area (TPSA) is 56.2 Å². The molecule has 1 amide bonds. The second kappa shape index (κ2) is 6.73. The van der Waals surface area contributed by atoms with E-state index in [-0.39, 0.29) is 18.3 Å². The lowest BCUT2D eigenvalue weighted by atomic mass is 9.82. The number of nitrogens with one attached hydrogen (secondary N) is 1. The van der Waals surface area contributed by atoms with Crippen LogP contribution in [0.4, 0.5) is 4.39 Å². The smallest absolute Gasteiger partial charge is 0.242 e. The number of hydrogen-bond donors (Lipinski definition) is 1. The Kier molecular flexibility index (Phi) is 4.66. The van der Waals surface area contributed by atoms with Crippen molar-refractivity contribution < 1.29 is 13.9 Å². The van der Waals surface area contributed by atoms with Crippen molar-refractivity contribution in [2.24, 2.45) is 0 Å². The van der Waals surface area contributed by atoms with Crippen LogP contribution < -0.4 is 5.32 Å². The molecule has 0 aliphatic carbocycles. The zero-order valence-electron chi connectivity index (χ0n) is 14.0. The van der Waals surface area contributed by atoms with Crippen molar-refractivity contribution in [1.29, 1.82) is 0 Å². The summed E-state index contributed by atoms with van der Waals surface area (Å²) in [7, 11) is 0. The third-order valence-corrected chi connectivity index (χ3v) is 4.52. The summed E-state index contributed by atoms with van der Waals surface area (Å²) in [6.07, 6.45) is 1.34. The summed E-state index contributed by atoms with van der Waals surface area (Å²) >= 11 is 0. The lowest BCUT2D eigenvalue weighted by molar-refractivity contribution is -0.125. The van der Waals surface area contributed by atoms with Gasteiger partial charge in [0.2, 0.25) is 5.91 Å². The number of aryl methyl sites for hydroxylation is 2. The van der Waals surface area contributed by atoms with E-state index in [1.54, 1.807) is 16.8 Å². The molecule has 1 aromatic carbocycles. The number of ether oxygens (including phenoxy) is 1. The monoisotopic (exact) mass is 331 g/mol. The highest BCUT2D eigenvalue weighted by atomic mass is 19.1. The Morgan fingerprint density at radius 2 is 1.96 bits per heavy atom. The molecule has 24 heavy (non-hydrogen) atoms. The fraction of sp³-hybridized carbons (Fsp3) is 0.444. The van der Waals surface area contributed by atoms with Crippen LogP contribution in [0.2, 0.25) is 0 Å². The quantitative estimate of drug-likeness (QED) is 0.936. The summed E-state index contributed by atoms with van der Waals surface area (Å²) in [6, 6.07) is 8.28. The first kappa shape index (κ1) is 16.6. The number of carbonyl (C=O) groups is 1. The van der Waals surface area contributed by atoms with Crippen LogP contribution in [-0.2, 0) is 21.6 Å². The van der Waals surface area contributed by atoms with Gasteiger partial charge in [-0.2, -0.15) is 5.10 Å². The molecule has 0 radical (unpaired) electrons. The Hall–Kier alpha value is -2.21. The molecule has 1 saturated heterocycles. The Bertz CT molecular complexity index is 718. The average Bonchev–Trinajstić information content (AvgIpc) is 2.86. The zero-order valence-corrected chi connectivity index (χ0v) is 14.0. The molecule has 2 heterocycles. The van der Waals surface area contributed by atoms with E-state index >= 15 is 0 Å². The summed E-state index contributed by atoms with van der Waals surface area (Å²) in [5.41, 5.74) is 2.23. The van der Waals surface area contributed by atoms with Gasteiger partial charge in [0.1, 0.15) is 12.4 Å². The van der Waals surface area contributed by atoms with Gasteiger partial charge in [-0.3, -0.25) is 9.48 Å². The van der Waals surface area contributed by atoms with Crippen LogP contribution in [0, 0.1) is 19.7 Å². The van der Waals surface area contributed by atoms with Gasteiger partial charge in [-0.1, -0.05) is 12.1 Å². The summed E-state index contributed by atoms with van der Waals surface area (Å²) in [5.74, 6) is -0.387. The molecule has 0 saturated carbocycles. The lowest BCUT2D eigenvalue weighted by Crippen LogP contribution is -2.50. The first-order chi connectivity index (χ1) is 11.5. The van der Waals surface area contributed by atoms with Crippen LogP contribution in [0.25, 0.3) is 0 Å². The van der Waals surface area contributed by atoms with Crippen LogP contribution in [0.1, 0.15) is 29.8 Å². The van der Waals surface area contributed by atoms with Gasteiger partial charge < -0.3 is 10.1 Å². The molecule has 0 spiro atoms. The minimum Gasteiger partial charge on any atom is -0.381 e. The van der Waals surface area contributed by atoms with Gasteiger partial charge in [0.15, 0.2) is 0 Å². The summed E-state index contributed by atoms with van der Waals surface area (Å²) in [4.78, 5) is 12.6. The van der Waals surface area contributed by atoms with Gasteiger partial charge in [-0.15, -0.1) is 0 Å². The molecule has 3 rings (SSSR count). The second-order valence-corrected chi connectivity index (χ2v) is 6.33. The Morgan fingerprint density at radius 3 is 2.54 bits per heavy atom. The van der Waals surface area contributed by atoms with Crippen LogP contribution >= 0.6 is 0 Å². The van der Waals surface area contributed by atoms with Crippen molar-refractivity contribution in [3.05, 3.63) is 53.1 Å². The van der Waals surface area contributed by atoms with Crippen molar-refractivity contribution in [1.82, 2.24) is 15.1 Å². The maximum Gasteiger partial charge on any atom is 0.242 e. The fourth-order valence-corrected chi connectivity index (χ4v) is 3.25. The molecular weight excluding hydrogens is 309 g/mol. The lowest BCUT2D eigenvalue weighted by Gasteiger charge is -2.38. The van der Waals surface area contributed by atoms with Gasteiger partial charge in [0.25, 0.3) is 0 Å². The molecule has 1 aliphatic heterocycles. The molecule has 1 N–H and O–H groups in total. The third-order valence-electron chi connectivity index (χ3n) is 4.52. The number of amides is 1. The first-order valence-corrected chi connectivity index (χ1v) is 8.14. The zero-order chi connectivity index (χ0) is 17.2. The molecule has 5 nitrogen and oxygen atoms in total. The average molecular weight is 331 g/mol. The van der Waals surface area contributed by atoms with E-state index in [0.717, 1.165) is 17.0 Å². The van der Waals surface area contributed by atoms with E-state index in [2.05, 4.69) is 10.4 Å². The van der Waals surface area contributed by atoms with E-state index in [1.165, 1.54) is 12.1 Å². The molecule has 0 unspecified atom stereocenters. The van der Waals surface area contributed by atoms with Gasteiger partial charge in [-0.25, -0.2) is 4.39 Å². The minimum atomic E-state index is -0.515. The van der Waals surface area contributed by atoms with Gasteiger partial charge in [0, 0.05) is 18.9 Å². The van der Waals surface area contributed by atoms with Gasteiger partial charge >= 0.3 is 0 Å². The van der Waals surface area contributed by atoms with Crippen LogP contribution in [0.15, 0.2) is 30.3 Å². The van der Waals surface area contributed by atoms with Crippen LogP contribution in [0.3, 0.4) is 0 Å². The second-order valence-electron chi connectivity index (χ2n) is 6.33. The number of halogens is 1.